The van der Waals surface area contributed by atoms with E-state index in [9.17, 15) is 9.59 Å². The molecule has 0 aromatic heterocycles. The first kappa shape index (κ1) is 16.3. The van der Waals surface area contributed by atoms with Crippen molar-refractivity contribution in [1.82, 2.24) is 0 Å². The first-order chi connectivity index (χ1) is 11.3. The highest BCUT2D eigenvalue weighted by atomic mass is 16.1. The average Bonchev–Trinajstić information content (AvgIpc) is 2.88. The molecule has 0 N–H and O–H groups in total. The van der Waals surface area contributed by atoms with Crippen molar-refractivity contribution in [2.75, 3.05) is 0 Å². The van der Waals surface area contributed by atoms with Crippen LogP contribution in [0.25, 0.3) is 0 Å². The minimum Gasteiger partial charge on any atom is -0.299 e. The number of allylic oxidation sites excluding steroid dienone is 2. The van der Waals surface area contributed by atoms with Crippen molar-refractivity contribution < 1.29 is 9.59 Å². The van der Waals surface area contributed by atoms with Crippen molar-refractivity contribution in [3.05, 3.63) is 23.8 Å². The standard InChI is InChI=1S/C22H30O2/c1-13(2)22-10-8-17-16(18(22)5-6-20(22)24)11-14(3)19-12-15(23)7-9-21(17,19)4/h12-13,16-18H,3,5-11H2,1-2,4H3/t16-,17+,18+,21-,22-/m1/s1. The highest BCUT2D eigenvalue weighted by Gasteiger charge is 2.62. The third-order valence-electron chi connectivity index (χ3n) is 8.29. The number of hydrogen-bond acceptors (Lipinski definition) is 2. The third kappa shape index (κ3) is 1.89. The molecular formula is C22H30O2. The van der Waals surface area contributed by atoms with E-state index in [1.54, 1.807) is 0 Å². The van der Waals surface area contributed by atoms with E-state index >= 15 is 0 Å². The van der Waals surface area contributed by atoms with Crippen molar-refractivity contribution in [3.8, 4) is 0 Å². The average molecular weight is 326 g/mol. The molecule has 0 aromatic rings. The number of hydrogen-bond donors (Lipinski definition) is 0. The molecule has 0 bridgehead atoms. The van der Waals surface area contributed by atoms with E-state index in [2.05, 4.69) is 27.4 Å². The maximum Gasteiger partial charge on any atom is 0.156 e. The molecule has 3 saturated carbocycles. The zero-order valence-electron chi connectivity index (χ0n) is 15.4. The van der Waals surface area contributed by atoms with E-state index in [-0.39, 0.29) is 16.6 Å². The molecule has 2 nitrogen and oxygen atoms in total. The largest absolute Gasteiger partial charge is 0.299 e. The van der Waals surface area contributed by atoms with Crippen LogP contribution in [0.3, 0.4) is 0 Å². The van der Waals surface area contributed by atoms with Crippen LogP contribution in [0.5, 0.6) is 0 Å². The fourth-order valence-electron chi connectivity index (χ4n) is 7.11. The molecule has 130 valence electrons. The van der Waals surface area contributed by atoms with Crippen LogP contribution in [0, 0.1) is 34.5 Å². The summed E-state index contributed by atoms with van der Waals surface area (Å²) in [6.45, 7) is 11.2. The van der Waals surface area contributed by atoms with Crippen LogP contribution in [0.15, 0.2) is 23.8 Å². The Morgan fingerprint density at radius 1 is 1.12 bits per heavy atom. The summed E-state index contributed by atoms with van der Waals surface area (Å²) in [7, 11) is 0. The minimum absolute atomic E-state index is 0.0799. The van der Waals surface area contributed by atoms with Gasteiger partial charge >= 0.3 is 0 Å². The lowest BCUT2D eigenvalue weighted by Crippen LogP contribution is -2.53. The van der Waals surface area contributed by atoms with Crippen LogP contribution in [0.1, 0.15) is 65.7 Å². The first-order valence-electron chi connectivity index (χ1n) is 9.77. The molecule has 5 atom stereocenters. The summed E-state index contributed by atoms with van der Waals surface area (Å²) < 4.78 is 0. The lowest BCUT2D eigenvalue weighted by Gasteiger charge is -2.58. The van der Waals surface area contributed by atoms with Crippen molar-refractivity contribution >= 4 is 11.6 Å². The second kappa shape index (κ2) is 5.16. The maximum atomic E-state index is 12.9. The number of carbonyl (C=O) groups excluding carboxylic acids is 2. The monoisotopic (exact) mass is 326 g/mol. The topological polar surface area (TPSA) is 34.1 Å². The summed E-state index contributed by atoms with van der Waals surface area (Å²) in [5.41, 5.74) is 2.43. The van der Waals surface area contributed by atoms with Gasteiger partial charge < -0.3 is 0 Å². The predicted molar refractivity (Wildman–Crippen MR) is 95.4 cm³/mol. The van der Waals surface area contributed by atoms with E-state index in [0.717, 1.165) is 38.5 Å². The molecule has 3 fully saturated rings. The van der Waals surface area contributed by atoms with E-state index in [1.165, 1.54) is 11.1 Å². The second-order valence-electron chi connectivity index (χ2n) is 9.32. The lowest BCUT2D eigenvalue weighted by molar-refractivity contribution is -0.138. The fraction of sp³-hybridized carbons (Fsp3) is 0.727. The lowest BCUT2D eigenvalue weighted by atomic mass is 9.45. The Labute approximate surface area is 145 Å². The van der Waals surface area contributed by atoms with Crippen LogP contribution in [-0.2, 0) is 9.59 Å². The SMILES string of the molecule is C=C1C[C@@H]2[C@H](CC[C@]3(C(C)C)C(=O)CC[C@@H]23)[C@@]2(C)CCC(=O)C=C12. The van der Waals surface area contributed by atoms with Crippen LogP contribution < -0.4 is 0 Å². The predicted octanol–water partition coefficient (Wildman–Crippen LogP) is 4.89. The molecule has 4 aliphatic rings. The number of Topliss-reactive ketones (excluding diaryl/α,β-unsaturated/α-hetero) is 1. The van der Waals surface area contributed by atoms with Gasteiger partial charge in [0.2, 0.25) is 0 Å². The van der Waals surface area contributed by atoms with Gasteiger partial charge in [-0.15, -0.1) is 0 Å². The van der Waals surface area contributed by atoms with Crippen molar-refractivity contribution in [3.63, 3.8) is 0 Å². The second-order valence-corrected chi connectivity index (χ2v) is 9.32. The van der Waals surface area contributed by atoms with E-state index in [1.807, 2.05) is 6.08 Å². The molecule has 0 aliphatic heterocycles. The molecule has 0 unspecified atom stereocenters. The zero-order valence-corrected chi connectivity index (χ0v) is 15.4. The van der Waals surface area contributed by atoms with Gasteiger partial charge in [0, 0.05) is 18.3 Å². The molecule has 0 saturated heterocycles. The molecule has 4 rings (SSSR count). The highest BCUT2D eigenvalue weighted by molar-refractivity contribution is 5.92. The molecule has 0 aromatic carbocycles. The smallest absolute Gasteiger partial charge is 0.156 e. The van der Waals surface area contributed by atoms with Gasteiger partial charge in [0.1, 0.15) is 5.78 Å². The van der Waals surface area contributed by atoms with Crippen molar-refractivity contribution in [2.45, 2.75) is 65.7 Å². The quantitative estimate of drug-likeness (QED) is 0.687. The number of rotatable bonds is 1. The van der Waals surface area contributed by atoms with Crippen LogP contribution in [0.2, 0.25) is 0 Å². The Kier molecular flexibility index (Phi) is 3.50. The molecule has 0 spiro atoms. The van der Waals surface area contributed by atoms with E-state index in [4.69, 9.17) is 0 Å². The Bertz CT molecular complexity index is 655. The third-order valence-corrected chi connectivity index (χ3v) is 8.29. The van der Waals surface area contributed by atoms with Gasteiger partial charge in [0.15, 0.2) is 5.78 Å². The van der Waals surface area contributed by atoms with Gasteiger partial charge in [0.25, 0.3) is 0 Å². The Morgan fingerprint density at radius 3 is 2.58 bits per heavy atom. The van der Waals surface area contributed by atoms with Gasteiger partial charge in [-0.2, -0.15) is 0 Å². The van der Waals surface area contributed by atoms with E-state index < -0.39 is 0 Å². The summed E-state index contributed by atoms with van der Waals surface area (Å²) in [4.78, 5) is 24.8. The van der Waals surface area contributed by atoms with Gasteiger partial charge in [-0.3, -0.25) is 9.59 Å². The Morgan fingerprint density at radius 2 is 1.88 bits per heavy atom. The summed E-state index contributed by atoms with van der Waals surface area (Å²) in [5, 5.41) is 0. The normalized spacial score (nSPS) is 44.9. The molecule has 0 heterocycles. The van der Waals surface area contributed by atoms with Gasteiger partial charge in [-0.1, -0.05) is 32.9 Å². The number of fused-ring (bicyclic) bond motifs is 5. The van der Waals surface area contributed by atoms with Crippen LogP contribution in [0.4, 0.5) is 0 Å². The van der Waals surface area contributed by atoms with Gasteiger partial charge in [-0.25, -0.2) is 0 Å². The molecular weight excluding hydrogens is 296 g/mol. The summed E-state index contributed by atoms with van der Waals surface area (Å²) in [5.74, 6) is 2.95. The zero-order chi connectivity index (χ0) is 17.3. The van der Waals surface area contributed by atoms with Gasteiger partial charge in [0.05, 0.1) is 0 Å². The molecule has 0 amide bonds. The number of carbonyl (C=O) groups is 2. The minimum atomic E-state index is -0.0799. The highest BCUT2D eigenvalue weighted by Crippen LogP contribution is 2.66. The molecule has 24 heavy (non-hydrogen) atoms. The van der Waals surface area contributed by atoms with Crippen molar-refractivity contribution in [1.29, 1.82) is 0 Å². The Balaban J connectivity index is 1.77. The maximum absolute atomic E-state index is 12.9. The first-order valence-corrected chi connectivity index (χ1v) is 9.77. The Hall–Kier alpha value is -1.18. The summed E-state index contributed by atoms with van der Waals surface area (Å²) in [6.07, 6.45) is 8.57. The van der Waals surface area contributed by atoms with Crippen LogP contribution in [-0.4, -0.2) is 11.6 Å². The van der Waals surface area contributed by atoms with Gasteiger partial charge in [-0.05, 0) is 72.8 Å². The van der Waals surface area contributed by atoms with Crippen LogP contribution >= 0.6 is 0 Å². The number of ketones is 2. The summed E-state index contributed by atoms with van der Waals surface area (Å²) in [6, 6.07) is 0. The molecule has 2 heteroatoms. The molecule has 4 aliphatic carbocycles. The molecule has 0 radical (unpaired) electrons. The summed E-state index contributed by atoms with van der Waals surface area (Å²) >= 11 is 0. The fourth-order valence-corrected chi connectivity index (χ4v) is 7.11. The van der Waals surface area contributed by atoms with Crippen molar-refractivity contribution in [2.24, 2.45) is 34.5 Å². The van der Waals surface area contributed by atoms with E-state index in [0.29, 0.717) is 35.9 Å².